The zero-order valence-corrected chi connectivity index (χ0v) is 17.4. The Morgan fingerprint density at radius 1 is 1.26 bits per heavy atom. The van der Waals surface area contributed by atoms with Gasteiger partial charge in [0.25, 0.3) is 5.91 Å². The van der Waals surface area contributed by atoms with E-state index < -0.39 is 0 Å². The molecule has 1 fully saturated rings. The molecule has 1 atom stereocenters. The van der Waals surface area contributed by atoms with E-state index >= 15 is 0 Å². The number of aryl methyl sites for hydroxylation is 1. The first kappa shape index (κ1) is 20.7. The van der Waals surface area contributed by atoms with Crippen LogP contribution in [0.1, 0.15) is 48.1 Å². The second-order valence-electron chi connectivity index (χ2n) is 7.58. The van der Waals surface area contributed by atoms with Gasteiger partial charge in [-0.05, 0) is 31.4 Å². The normalized spacial score (nSPS) is 18.3. The van der Waals surface area contributed by atoms with Gasteiger partial charge in [0.05, 0.1) is 0 Å². The minimum atomic E-state index is -0.173. The molecule has 4 rings (SSSR count). The number of imidazole rings is 1. The van der Waals surface area contributed by atoms with Crippen molar-refractivity contribution in [1.82, 2.24) is 34.9 Å². The second-order valence-corrected chi connectivity index (χ2v) is 7.58. The summed E-state index contributed by atoms with van der Waals surface area (Å²) in [5, 5.41) is 7.02. The Balaban J connectivity index is 1.48. The third-order valence-electron chi connectivity index (χ3n) is 5.41. The van der Waals surface area contributed by atoms with Gasteiger partial charge in [-0.2, -0.15) is 4.98 Å². The van der Waals surface area contributed by atoms with E-state index in [0.29, 0.717) is 43.6 Å². The number of pyridine rings is 1. The molecule has 4 heterocycles. The number of amides is 2. The minimum Gasteiger partial charge on any atom is -0.356 e. The molecule has 1 N–H and O–H groups in total. The highest BCUT2D eigenvalue weighted by Crippen LogP contribution is 2.26. The average Bonchev–Trinajstić information content (AvgIpc) is 3.43. The first-order valence-corrected chi connectivity index (χ1v) is 10.4. The topological polar surface area (TPSA) is 119 Å². The van der Waals surface area contributed by atoms with Gasteiger partial charge in [0, 0.05) is 69.4 Å². The fourth-order valence-corrected chi connectivity index (χ4v) is 3.67. The Kier molecular flexibility index (Phi) is 6.34. The molecular weight excluding hydrogens is 398 g/mol. The summed E-state index contributed by atoms with van der Waals surface area (Å²) in [5.74, 6) is 1.13. The molecule has 0 spiro atoms. The number of aromatic nitrogens is 5. The molecule has 0 radical (unpaired) electrons. The number of hydrogen-bond acceptors (Lipinski definition) is 7. The lowest BCUT2D eigenvalue weighted by Gasteiger charge is -2.22. The molecule has 3 aromatic heterocycles. The van der Waals surface area contributed by atoms with Crippen LogP contribution in [0.3, 0.4) is 0 Å². The first-order valence-electron chi connectivity index (χ1n) is 10.4. The summed E-state index contributed by atoms with van der Waals surface area (Å²) in [6.45, 7) is 1.40. The third-order valence-corrected chi connectivity index (χ3v) is 5.41. The fourth-order valence-electron chi connectivity index (χ4n) is 3.67. The maximum absolute atomic E-state index is 12.9. The highest BCUT2D eigenvalue weighted by atomic mass is 16.5. The number of carbonyl (C=O) groups is 2. The quantitative estimate of drug-likeness (QED) is 0.682. The van der Waals surface area contributed by atoms with E-state index in [4.69, 9.17) is 4.52 Å². The van der Waals surface area contributed by atoms with Crippen molar-refractivity contribution in [3.63, 3.8) is 0 Å². The van der Waals surface area contributed by atoms with Crippen LogP contribution >= 0.6 is 0 Å². The van der Waals surface area contributed by atoms with Crippen LogP contribution in [0.5, 0.6) is 0 Å². The second kappa shape index (κ2) is 9.50. The van der Waals surface area contributed by atoms with Gasteiger partial charge in [0.2, 0.25) is 17.6 Å². The lowest BCUT2D eigenvalue weighted by molar-refractivity contribution is -0.121. The third kappa shape index (κ3) is 4.96. The lowest BCUT2D eigenvalue weighted by Crippen LogP contribution is -2.37. The standard InChI is InChI=1S/C21H25N7O3/c1-27-13-10-24-19(27)21(30)28-11-3-5-15(6-9-23-17(29)7-12-28)20-25-18(26-31-20)16-4-2-8-22-14-16/h2,4,8,10,13-15H,3,5-7,9,11-12H2,1H3,(H,23,29). The van der Waals surface area contributed by atoms with Gasteiger partial charge in [0.15, 0.2) is 5.82 Å². The van der Waals surface area contributed by atoms with Gasteiger partial charge in [-0.3, -0.25) is 14.6 Å². The molecular formula is C21H25N7O3. The summed E-state index contributed by atoms with van der Waals surface area (Å²) in [6, 6.07) is 3.70. The molecule has 0 bridgehead atoms. The largest absolute Gasteiger partial charge is 0.356 e. The van der Waals surface area contributed by atoms with E-state index in [1.54, 1.807) is 41.3 Å². The van der Waals surface area contributed by atoms with Crippen LogP contribution in [0.15, 0.2) is 41.4 Å². The van der Waals surface area contributed by atoms with Crippen molar-refractivity contribution in [2.45, 2.75) is 31.6 Å². The molecule has 3 aromatic rings. The van der Waals surface area contributed by atoms with Crippen molar-refractivity contribution < 1.29 is 14.1 Å². The van der Waals surface area contributed by atoms with Gasteiger partial charge in [-0.1, -0.05) is 5.16 Å². The zero-order valence-electron chi connectivity index (χ0n) is 17.4. The number of rotatable bonds is 3. The number of nitrogens with one attached hydrogen (secondary N) is 1. The molecule has 162 valence electrons. The van der Waals surface area contributed by atoms with E-state index in [1.165, 1.54) is 0 Å². The minimum absolute atomic E-state index is 0.0126. The van der Waals surface area contributed by atoms with Crippen molar-refractivity contribution in [2.24, 2.45) is 7.05 Å². The monoisotopic (exact) mass is 423 g/mol. The zero-order chi connectivity index (χ0) is 21.6. The summed E-state index contributed by atoms with van der Waals surface area (Å²) in [5.41, 5.74) is 0.786. The Labute approximate surface area is 179 Å². The van der Waals surface area contributed by atoms with Gasteiger partial charge in [-0.15, -0.1) is 0 Å². The summed E-state index contributed by atoms with van der Waals surface area (Å²) < 4.78 is 7.23. The predicted molar refractivity (Wildman–Crippen MR) is 111 cm³/mol. The lowest BCUT2D eigenvalue weighted by atomic mass is 9.99. The van der Waals surface area contributed by atoms with Crippen molar-refractivity contribution in [3.8, 4) is 11.4 Å². The predicted octanol–water partition coefficient (Wildman–Crippen LogP) is 1.78. The van der Waals surface area contributed by atoms with Gasteiger partial charge in [0.1, 0.15) is 0 Å². The Bertz CT molecular complexity index is 1030. The number of carbonyl (C=O) groups excluding carboxylic acids is 2. The van der Waals surface area contributed by atoms with Crippen LogP contribution < -0.4 is 5.32 Å². The Morgan fingerprint density at radius 3 is 2.94 bits per heavy atom. The van der Waals surface area contributed by atoms with Crippen molar-refractivity contribution >= 4 is 11.8 Å². The van der Waals surface area contributed by atoms with Crippen molar-refractivity contribution in [1.29, 1.82) is 0 Å². The van der Waals surface area contributed by atoms with E-state index in [1.807, 2.05) is 12.1 Å². The van der Waals surface area contributed by atoms with E-state index in [2.05, 4.69) is 25.4 Å². The Morgan fingerprint density at radius 2 is 2.16 bits per heavy atom. The van der Waals surface area contributed by atoms with Crippen LogP contribution in [-0.2, 0) is 11.8 Å². The summed E-state index contributed by atoms with van der Waals surface area (Å²) in [7, 11) is 1.78. The summed E-state index contributed by atoms with van der Waals surface area (Å²) >= 11 is 0. The molecule has 1 aliphatic rings. The molecule has 1 saturated heterocycles. The molecule has 31 heavy (non-hydrogen) atoms. The molecule has 1 aliphatic heterocycles. The highest BCUT2D eigenvalue weighted by Gasteiger charge is 2.24. The fraction of sp³-hybridized carbons (Fsp3) is 0.429. The van der Waals surface area contributed by atoms with Crippen molar-refractivity contribution in [2.75, 3.05) is 19.6 Å². The number of nitrogens with zero attached hydrogens (tertiary/aromatic N) is 6. The molecule has 2 amide bonds. The van der Waals surface area contributed by atoms with Crippen molar-refractivity contribution in [3.05, 3.63) is 48.6 Å². The smallest absolute Gasteiger partial charge is 0.289 e. The molecule has 0 saturated carbocycles. The molecule has 0 aliphatic carbocycles. The molecule has 0 aromatic carbocycles. The Hall–Kier alpha value is -3.56. The van der Waals surface area contributed by atoms with Crippen LogP contribution in [0, 0.1) is 0 Å². The van der Waals surface area contributed by atoms with E-state index in [9.17, 15) is 9.59 Å². The summed E-state index contributed by atoms with van der Waals surface area (Å²) in [4.78, 5) is 39.6. The van der Waals surface area contributed by atoms with Crippen LogP contribution in [0.25, 0.3) is 11.4 Å². The average molecular weight is 423 g/mol. The van der Waals surface area contributed by atoms with Gasteiger partial charge >= 0.3 is 0 Å². The number of hydrogen-bond donors (Lipinski definition) is 1. The van der Waals surface area contributed by atoms with E-state index in [-0.39, 0.29) is 24.2 Å². The van der Waals surface area contributed by atoms with Gasteiger partial charge in [-0.25, -0.2) is 4.98 Å². The molecule has 10 heteroatoms. The first-order chi connectivity index (χ1) is 15.1. The van der Waals surface area contributed by atoms with E-state index in [0.717, 1.165) is 18.4 Å². The maximum Gasteiger partial charge on any atom is 0.289 e. The SMILES string of the molecule is Cn1ccnc1C(=O)N1CCCC(c2nc(-c3cccnc3)no2)CCNC(=O)CC1. The van der Waals surface area contributed by atoms with Crippen LogP contribution in [0.4, 0.5) is 0 Å². The maximum atomic E-state index is 12.9. The highest BCUT2D eigenvalue weighted by molar-refractivity contribution is 5.91. The molecule has 1 unspecified atom stereocenters. The van der Waals surface area contributed by atoms with Crippen LogP contribution in [0.2, 0.25) is 0 Å². The van der Waals surface area contributed by atoms with Gasteiger partial charge < -0.3 is 19.3 Å². The van der Waals surface area contributed by atoms with Crippen LogP contribution in [-0.4, -0.2) is 61.0 Å². The molecule has 10 nitrogen and oxygen atoms in total. The summed E-state index contributed by atoms with van der Waals surface area (Å²) in [6.07, 6.45) is 9.16.